The number of hydrogen-bond acceptors (Lipinski definition) is 4. The molecule has 3 heterocycles. The van der Waals surface area contributed by atoms with E-state index in [-0.39, 0.29) is 5.91 Å². The Labute approximate surface area is 194 Å². The van der Waals surface area contributed by atoms with Gasteiger partial charge in [0.15, 0.2) is 0 Å². The van der Waals surface area contributed by atoms with Crippen LogP contribution in [0.3, 0.4) is 0 Å². The smallest absolute Gasteiger partial charge is 0.253 e. The van der Waals surface area contributed by atoms with Crippen LogP contribution >= 0.6 is 0 Å². The van der Waals surface area contributed by atoms with Crippen LogP contribution < -0.4 is 4.74 Å². The summed E-state index contributed by atoms with van der Waals surface area (Å²) in [6, 6.07) is 22.0. The first-order valence-corrected chi connectivity index (χ1v) is 11.4. The Morgan fingerprint density at radius 1 is 0.939 bits per heavy atom. The number of pyridine rings is 1. The van der Waals surface area contributed by atoms with Crippen molar-refractivity contribution in [3.05, 3.63) is 102 Å². The molecule has 0 atom stereocenters. The van der Waals surface area contributed by atoms with Crippen molar-refractivity contribution in [3.63, 3.8) is 0 Å². The molecule has 4 aromatic rings. The van der Waals surface area contributed by atoms with Crippen LogP contribution in [0.2, 0.25) is 0 Å². The first-order chi connectivity index (χ1) is 16.2. The Balaban J connectivity index is 1.14. The van der Waals surface area contributed by atoms with Crippen molar-refractivity contribution < 1.29 is 9.53 Å². The largest absolute Gasteiger partial charge is 0.487 e. The SMILES string of the molecule is Cc1cccn2cc(COc3ccc(C(=O)N4CCN(Cc5ccccc5)CC4)cc3)nc12. The molecule has 2 aromatic carbocycles. The monoisotopic (exact) mass is 440 g/mol. The number of fused-ring (bicyclic) bond motifs is 1. The summed E-state index contributed by atoms with van der Waals surface area (Å²) in [5, 5.41) is 0. The molecule has 168 valence electrons. The highest BCUT2D eigenvalue weighted by molar-refractivity contribution is 5.94. The molecule has 0 aliphatic carbocycles. The lowest BCUT2D eigenvalue weighted by Gasteiger charge is -2.34. The molecule has 0 radical (unpaired) electrons. The lowest BCUT2D eigenvalue weighted by atomic mass is 10.1. The first-order valence-electron chi connectivity index (χ1n) is 11.4. The van der Waals surface area contributed by atoms with E-state index in [0.717, 1.165) is 55.4 Å². The third kappa shape index (κ3) is 4.91. The fraction of sp³-hybridized carbons (Fsp3) is 0.259. The van der Waals surface area contributed by atoms with Gasteiger partial charge in [0, 0.05) is 50.7 Å². The molecule has 1 saturated heterocycles. The maximum atomic E-state index is 12.9. The number of aromatic nitrogens is 2. The molecule has 2 aromatic heterocycles. The van der Waals surface area contributed by atoms with E-state index in [1.165, 1.54) is 5.56 Å². The number of piperazine rings is 1. The van der Waals surface area contributed by atoms with Gasteiger partial charge in [-0.15, -0.1) is 0 Å². The van der Waals surface area contributed by atoms with Crippen molar-refractivity contribution in [1.82, 2.24) is 19.2 Å². The Morgan fingerprint density at radius 2 is 1.70 bits per heavy atom. The number of imidazole rings is 1. The molecule has 6 nitrogen and oxygen atoms in total. The quantitative estimate of drug-likeness (QED) is 0.451. The molecule has 1 aliphatic heterocycles. The Kier molecular flexibility index (Phi) is 6.09. The molecule has 0 spiro atoms. The van der Waals surface area contributed by atoms with Gasteiger partial charge in [-0.2, -0.15) is 0 Å². The Bertz CT molecular complexity index is 1230. The van der Waals surface area contributed by atoms with Crippen LogP contribution in [0.1, 0.15) is 27.2 Å². The van der Waals surface area contributed by atoms with E-state index in [0.29, 0.717) is 12.2 Å². The zero-order valence-corrected chi connectivity index (χ0v) is 18.9. The molecule has 0 bridgehead atoms. The fourth-order valence-corrected chi connectivity index (χ4v) is 4.26. The summed E-state index contributed by atoms with van der Waals surface area (Å²) in [5.41, 5.74) is 4.96. The van der Waals surface area contributed by atoms with Crippen LogP contribution in [-0.2, 0) is 13.2 Å². The van der Waals surface area contributed by atoms with Crippen LogP contribution in [0.15, 0.2) is 79.1 Å². The fourth-order valence-electron chi connectivity index (χ4n) is 4.26. The maximum Gasteiger partial charge on any atom is 0.253 e. The number of rotatable bonds is 6. The normalized spacial score (nSPS) is 14.5. The number of nitrogens with zero attached hydrogens (tertiary/aromatic N) is 4. The third-order valence-electron chi connectivity index (χ3n) is 6.12. The minimum absolute atomic E-state index is 0.0803. The number of amides is 1. The van der Waals surface area contributed by atoms with Crippen LogP contribution in [0.5, 0.6) is 5.75 Å². The number of aryl methyl sites for hydroxylation is 1. The summed E-state index contributed by atoms with van der Waals surface area (Å²) in [4.78, 5) is 21.9. The van der Waals surface area contributed by atoms with E-state index in [9.17, 15) is 4.79 Å². The summed E-state index contributed by atoms with van der Waals surface area (Å²) < 4.78 is 7.91. The molecule has 33 heavy (non-hydrogen) atoms. The number of ether oxygens (including phenoxy) is 1. The predicted molar refractivity (Wildman–Crippen MR) is 128 cm³/mol. The first kappa shape index (κ1) is 21.2. The van der Waals surface area contributed by atoms with E-state index in [2.05, 4.69) is 34.1 Å². The lowest BCUT2D eigenvalue weighted by Crippen LogP contribution is -2.48. The molecule has 5 rings (SSSR count). The number of hydrogen-bond donors (Lipinski definition) is 0. The van der Waals surface area contributed by atoms with Crippen molar-refractivity contribution in [2.24, 2.45) is 0 Å². The van der Waals surface area contributed by atoms with Gasteiger partial charge < -0.3 is 14.0 Å². The number of carbonyl (C=O) groups excluding carboxylic acids is 1. The Hall–Kier alpha value is -3.64. The van der Waals surface area contributed by atoms with Crippen LogP contribution in [0, 0.1) is 6.92 Å². The lowest BCUT2D eigenvalue weighted by molar-refractivity contribution is 0.0628. The van der Waals surface area contributed by atoms with Crippen LogP contribution in [-0.4, -0.2) is 51.3 Å². The van der Waals surface area contributed by atoms with E-state index < -0.39 is 0 Å². The second-order valence-electron chi connectivity index (χ2n) is 8.52. The molecule has 1 amide bonds. The average Bonchev–Trinajstić information content (AvgIpc) is 3.28. The summed E-state index contributed by atoms with van der Waals surface area (Å²) >= 11 is 0. The van der Waals surface area contributed by atoms with Gasteiger partial charge in [-0.25, -0.2) is 4.98 Å². The van der Waals surface area contributed by atoms with Gasteiger partial charge in [0.05, 0.1) is 5.69 Å². The van der Waals surface area contributed by atoms with E-state index in [1.807, 2.05) is 71.1 Å². The van der Waals surface area contributed by atoms with E-state index in [1.54, 1.807) is 0 Å². The van der Waals surface area contributed by atoms with Gasteiger partial charge >= 0.3 is 0 Å². The summed E-state index contributed by atoms with van der Waals surface area (Å²) in [5.74, 6) is 0.810. The van der Waals surface area contributed by atoms with Gasteiger partial charge in [0.25, 0.3) is 5.91 Å². The van der Waals surface area contributed by atoms with Gasteiger partial charge in [0.1, 0.15) is 18.0 Å². The van der Waals surface area contributed by atoms with Gasteiger partial charge in [-0.3, -0.25) is 9.69 Å². The second-order valence-corrected chi connectivity index (χ2v) is 8.52. The summed E-state index contributed by atoms with van der Waals surface area (Å²) in [6.45, 7) is 6.64. The standard InChI is InChI=1S/C27H28N4O2/c1-21-6-5-13-31-19-24(28-26(21)31)20-33-25-11-9-23(10-12-25)27(32)30-16-14-29(15-17-30)18-22-7-3-2-4-8-22/h2-13,19H,14-18,20H2,1H3. The van der Waals surface area contributed by atoms with Crippen molar-refractivity contribution in [2.45, 2.75) is 20.1 Å². The average molecular weight is 441 g/mol. The topological polar surface area (TPSA) is 50.1 Å². The predicted octanol–water partition coefficient (Wildman–Crippen LogP) is 4.18. The highest BCUT2D eigenvalue weighted by atomic mass is 16.5. The molecule has 0 N–H and O–H groups in total. The minimum atomic E-state index is 0.0803. The molecule has 1 fully saturated rings. The van der Waals surface area contributed by atoms with Crippen molar-refractivity contribution >= 4 is 11.6 Å². The number of benzene rings is 2. The van der Waals surface area contributed by atoms with Gasteiger partial charge in [-0.1, -0.05) is 36.4 Å². The number of carbonyl (C=O) groups is 1. The molecule has 0 saturated carbocycles. The molecule has 0 unspecified atom stereocenters. The van der Waals surface area contributed by atoms with Crippen molar-refractivity contribution in [1.29, 1.82) is 0 Å². The van der Waals surface area contributed by atoms with Crippen molar-refractivity contribution in [3.8, 4) is 5.75 Å². The summed E-state index contributed by atoms with van der Waals surface area (Å²) in [6.07, 6.45) is 3.97. The maximum absolute atomic E-state index is 12.9. The molecular weight excluding hydrogens is 412 g/mol. The Morgan fingerprint density at radius 3 is 2.42 bits per heavy atom. The molecular formula is C27H28N4O2. The van der Waals surface area contributed by atoms with E-state index in [4.69, 9.17) is 4.74 Å². The molecule has 1 aliphatic rings. The zero-order valence-electron chi connectivity index (χ0n) is 18.9. The van der Waals surface area contributed by atoms with Crippen LogP contribution in [0.25, 0.3) is 5.65 Å². The minimum Gasteiger partial charge on any atom is -0.487 e. The van der Waals surface area contributed by atoms with Crippen molar-refractivity contribution in [2.75, 3.05) is 26.2 Å². The second kappa shape index (κ2) is 9.46. The zero-order chi connectivity index (χ0) is 22.6. The van der Waals surface area contributed by atoms with Gasteiger partial charge in [0.2, 0.25) is 0 Å². The molecule has 6 heteroatoms. The van der Waals surface area contributed by atoms with E-state index >= 15 is 0 Å². The highest BCUT2D eigenvalue weighted by Gasteiger charge is 2.22. The van der Waals surface area contributed by atoms with Gasteiger partial charge in [-0.05, 0) is 48.4 Å². The highest BCUT2D eigenvalue weighted by Crippen LogP contribution is 2.18. The third-order valence-corrected chi connectivity index (χ3v) is 6.12. The summed E-state index contributed by atoms with van der Waals surface area (Å²) in [7, 11) is 0. The van der Waals surface area contributed by atoms with Crippen LogP contribution in [0.4, 0.5) is 0 Å².